The first kappa shape index (κ1) is 21.6. The second-order valence-corrected chi connectivity index (χ2v) is 6.72. The van der Waals surface area contributed by atoms with Gasteiger partial charge in [0, 0.05) is 11.6 Å². The summed E-state index contributed by atoms with van der Waals surface area (Å²) in [6.07, 6.45) is 0.665. The number of ether oxygens (including phenoxy) is 1. The first-order valence-corrected chi connectivity index (χ1v) is 9.30. The second kappa shape index (κ2) is 9.15. The highest BCUT2D eigenvalue weighted by Crippen LogP contribution is 2.36. The van der Waals surface area contributed by atoms with Gasteiger partial charge in [0.15, 0.2) is 17.3 Å². The van der Waals surface area contributed by atoms with Crippen molar-refractivity contribution in [2.45, 2.75) is 32.8 Å². The number of aryl methyl sites for hydroxylation is 2. The van der Waals surface area contributed by atoms with Crippen LogP contribution in [-0.2, 0) is 24.4 Å². The van der Waals surface area contributed by atoms with Crippen LogP contribution in [-0.4, -0.2) is 6.61 Å². The Morgan fingerprint density at radius 2 is 1.53 bits per heavy atom. The SMILES string of the molecule is CCc1ccc(-c2c([O])cc(F)c(CCc3ccc(OC(F)F)c(F)c3)c2F)cc1. The molecule has 3 rings (SSSR count). The van der Waals surface area contributed by atoms with Crippen LogP contribution in [0.15, 0.2) is 48.5 Å². The molecule has 3 aromatic carbocycles. The molecular weight excluding hydrogens is 403 g/mol. The van der Waals surface area contributed by atoms with E-state index in [1.54, 1.807) is 24.3 Å². The van der Waals surface area contributed by atoms with E-state index in [1.807, 2.05) is 6.92 Å². The molecule has 1 radical (unpaired) electrons. The Labute approximate surface area is 170 Å². The van der Waals surface area contributed by atoms with Crippen LogP contribution in [0.25, 0.3) is 11.1 Å². The Hall–Kier alpha value is -3.09. The molecule has 0 aliphatic rings. The van der Waals surface area contributed by atoms with Gasteiger partial charge in [-0.3, -0.25) is 5.11 Å². The fourth-order valence-corrected chi connectivity index (χ4v) is 3.20. The van der Waals surface area contributed by atoms with Crippen molar-refractivity contribution in [3.8, 4) is 22.6 Å². The van der Waals surface area contributed by atoms with E-state index in [4.69, 9.17) is 0 Å². The molecule has 0 saturated heterocycles. The van der Waals surface area contributed by atoms with Gasteiger partial charge in [-0.2, -0.15) is 8.78 Å². The van der Waals surface area contributed by atoms with Gasteiger partial charge in [0.25, 0.3) is 0 Å². The fourth-order valence-electron chi connectivity index (χ4n) is 3.20. The van der Waals surface area contributed by atoms with Gasteiger partial charge < -0.3 is 4.74 Å². The maximum Gasteiger partial charge on any atom is 0.387 e. The third-order valence-electron chi connectivity index (χ3n) is 4.80. The van der Waals surface area contributed by atoms with E-state index in [0.29, 0.717) is 11.1 Å². The molecule has 0 saturated carbocycles. The predicted molar refractivity (Wildman–Crippen MR) is 102 cm³/mol. The zero-order chi connectivity index (χ0) is 21.8. The lowest BCUT2D eigenvalue weighted by Crippen LogP contribution is -2.05. The van der Waals surface area contributed by atoms with Gasteiger partial charge >= 0.3 is 6.61 Å². The normalized spacial score (nSPS) is 11.2. The van der Waals surface area contributed by atoms with Crippen molar-refractivity contribution in [2.75, 3.05) is 0 Å². The third-order valence-corrected chi connectivity index (χ3v) is 4.80. The molecule has 157 valence electrons. The van der Waals surface area contributed by atoms with E-state index in [2.05, 4.69) is 4.74 Å². The molecule has 0 heterocycles. The van der Waals surface area contributed by atoms with Gasteiger partial charge in [0.2, 0.25) is 0 Å². The highest BCUT2D eigenvalue weighted by atomic mass is 19.3. The first-order valence-electron chi connectivity index (χ1n) is 9.30. The minimum absolute atomic E-state index is 0.0339. The molecule has 3 aromatic rings. The Morgan fingerprint density at radius 3 is 2.13 bits per heavy atom. The number of alkyl halides is 2. The van der Waals surface area contributed by atoms with Crippen LogP contribution in [0.4, 0.5) is 22.0 Å². The smallest absolute Gasteiger partial charge is 0.387 e. The lowest BCUT2D eigenvalue weighted by atomic mass is 9.96. The maximum atomic E-state index is 15.0. The molecule has 0 aliphatic heterocycles. The third kappa shape index (κ3) is 4.72. The van der Waals surface area contributed by atoms with Crippen LogP contribution < -0.4 is 4.74 Å². The van der Waals surface area contributed by atoms with Crippen molar-refractivity contribution >= 4 is 0 Å². The quantitative estimate of drug-likeness (QED) is 0.383. The zero-order valence-corrected chi connectivity index (χ0v) is 16.0. The molecule has 0 amide bonds. The minimum Gasteiger partial charge on any atom is -0.432 e. The summed E-state index contributed by atoms with van der Waals surface area (Å²) in [5, 5.41) is 12.2. The van der Waals surface area contributed by atoms with Crippen molar-refractivity contribution in [2.24, 2.45) is 0 Å². The lowest BCUT2D eigenvalue weighted by molar-refractivity contribution is -0.0522. The van der Waals surface area contributed by atoms with Crippen molar-refractivity contribution in [1.29, 1.82) is 0 Å². The summed E-state index contributed by atoms with van der Waals surface area (Å²) in [6.45, 7) is -1.21. The Balaban J connectivity index is 1.86. The number of hydrogen-bond donors (Lipinski definition) is 0. The molecule has 0 atom stereocenters. The molecule has 0 fully saturated rings. The number of hydrogen-bond acceptors (Lipinski definition) is 1. The van der Waals surface area contributed by atoms with E-state index in [1.165, 1.54) is 6.07 Å². The van der Waals surface area contributed by atoms with Crippen molar-refractivity contribution in [1.82, 2.24) is 0 Å². The highest BCUT2D eigenvalue weighted by molar-refractivity contribution is 5.72. The average molecular weight is 421 g/mol. The van der Waals surface area contributed by atoms with E-state index in [9.17, 15) is 22.7 Å². The molecule has 0 spiro atoms. The maximum absolute atomic E-state index is 15.0. The predicted octanol–water partition coefficient (Wildman–Crippen LogP) is 6.86. The van der Waals surface area contributed by atoms with Gasteiger partial charge in [0.1, 0.15) is 11.6 Å². The monoisotopic (exact) mass is 421 g/mol. The van der Waals surface area contributed by atoms with Gasteiger partial charge in [-0.05, 0) is 48.1 Å². The standard InChI is InChI=1S/C23H18F5O2/c1-2-13-3-7-15(8-4-13)21-19(29)12-17(24)16(22(21)26)9-5-14-6-10-20(18(25)11-14)30-23(27)28/h3-4,6-8,10-12,23H,2,5,9H2,1H3. The summed E-state index contributed by atoms with van der Waals surface area (Å²) in [5.41, 5.74) is 1.18. The van der Waals surface area contributed by atoms with Crippen LogP contribution in [0.3, 0.4) is 0 Å². The first-order chi connectivity index (χ1) is 14.3. The van der Waals surface area contributed by atoms with Crippen LogP contribution in [0.1, 0.15) is 23.6 Å². The average Bonchev–Trinajstić information content (AvgIpc) is 2.69. The van der Waals surface area contributed by atoms with Crippen LogP contribution in [0.5, 0.6) is 11.5 Å². The lowest BCUT2D eigenvalue weighted by Gasteiger charge is -2.12. The second-order valence-electron chi connectivity index (χ2n) is 6.72. The molecule has 30 heavy (non-hydrogen) atoms. The van der Waals surface area contributed by atoms with E-state index >= 15 is 4.39 Å². The molecule has 0 bridgehead atoms. The molecule has 0 N–H and O–H groups in total. The molecule has 2 nitrogen and oxygen atoms in total. The summed E-state index contributed by atoms with van der Waals surface area (Å²) in [4.78, 5) is 0. The number of rotatable bonds is 7. The summed E-state index contributed by atoms with van der Waals surface area (Å²) < 4.78 is 71.6. The van der Waals surface area contributed by atoms with Crippen molar-refractivity contribution in [3.63, 3.8) is 0 Å². The molecule has 0 unspecified atom stereocenters. The summed E-state index contributed by atoms with van der Waals surface area (Å²) in [5.74, 6) is -4.32. The minimum atomic E-state index is -3.16. The van der Waals surface area contributed by atoms with E-state index < -0.39 is 35.6 Å². The Morgan fingerprint density at radius 1 is 0.867 bits per heavy atom. The van der Waals surface area contributed by atoms with Gasteiger partial charge in [0.05, 0.1) is 5.56 Å². The van der Waals surface area contributed by atoms with Crippen molar-refractivity contribution < 1.29 is 31.8 Å². The van der Waals surface area contributed by atoms with E-state index in [0.717, 1.165) is 30.2 Å². The fraction of sp³-hybridized carbons (Fsp3) is 0.217. The molecular formula is C23H18F5O2. The largest absolute Gasteiger partial charge is 0.432 e. The summed E-state index contributed by atoms with van der Waals surface area (Å²) >= 11 is 0. The van der Waals surface area contributed by atoms with Gasteiger partial charge in [-0.1, -0.05) is 37.3 Å². The number of benzene rings is 3. The highest BCUT2D eigenvalue weighted by Gasteiger charge is 2.21. The molecule has 0 aliphatic carbocycles. The summed E-state index contributed by atoms with van der Waals surface area (Å²) in [7, 11) is 0. The van der Waals surface area contributed by atoms with Crippen molar-refractivity contribution in [3.05, 3.63) is 82.7 Å². The zero-order valence-electron chi connectivity index (χ0n) is 16.0. The summed E-state index contributed by atoms with van der Waals surface area (Å²) in [6, 6.07) is 10.8. The van der Waals surface area contributed by atoms with Crippen LogP contribution in [0.2, 0.25) is 0 Å². The van der Waals surface area contributed by atoms with Crippen LogP contribution in [0, 0.1) is 17.5 Å². The number of halogens is 5. The topological polar surface area (TPSA) is 29.1 Å². The van der Waals surface area contributed by atoms with E-state index in [-0.39, 0.29) is 24.0 Å². The Kier molecular flexibility index (Phi) is 6.59. The Bertz CT molecular complexity index is 1030. The van der Waals surface area contributed by atoms with Gasteiger partial charge in [-0.15, -0.1) is 0 Å². The molecule has 0 aromatic heterocycles. The van der Waals surface area contributed by atoms with Crippen LogP contribution >= 0.6 is 0 Å². The molecule has 7 heteroatoms. The van der Waals surface area contributed by atoms with Gasteiger partial charge in [-0.25, -0.2) is 13.2 Å².